The van der Waals surface area contributed by atoms with E-state index < -0.39 is 12.6 Å². The van der Waals surface area contributed by atoms with Crippen molar-refractivity contribution in [3.8, 4) is 0 Å². The van der Waals surface area contributed by atoms with E-state index in [0.717, 1.165) is 25.2 Å². The molecule has 0 unspecified atom stereocenters. The van der Waals surface area contributed by atoms with Gasteiger partial charge in [0.2, 0.25) is 0 Å². The molecular formula is C17H27F3N4. The number of rotatable bonds is 8. The third-order valence-corrected chi connectivity index (χ3v) is 3.78. The number of nitrogens with zero attached hydrogens (tertiary/aromatic N) is 2. The highest BCUT2D eigenvalue weighted by molar-refractivity contribution is 5.79. The lowest BCUT2D eigenvalue weighted by Gasteiger charge is -2.20. The molecule has 0 saturated heterocycles. The van der Waals surface area contributed by atoms with Crippen LogP contribution in [0.1, 0.15) is 31.4 Å². The Kier molecular flexibility index (Phi) is 8.60. The number of hydrogen-bond donors (Lipinski definition) is 2. The molecule has 136 valence electrons. The summed E-state index contributed by atoms with van der Waals surface area (Å²) in [6.45, 7) is 7.36. The molecule has 0 radical (unpaired) electrons. The maximum atomic E-state index is 12.2. The Labute approximate surface area is 142 Å². The Bertz CT molecular complexity index is 511. The van der Waals surface area contributed by atoms with Gasteiger partial charge in [-0.1, -0.05) is 38.1 Å². The average molecular weight is 344 g/mol. The van der Waals surface area contributed by atoms with Crippen LogP contribution in [0, 0.1) is 0 Å². The Morgan fingerprint density at radius 2 is 1.71 bits per heavy atom. The van der Waals surface area contributed by atoms with Gasteiger partial charge in [-0.3, -0.25) is 9.89 Å². The molecule has 0 aromatic heterocycles. The summed E-state index contributed by atoms with van der Waals surface area (Å²) in [4.78, 5) is 6.28. The molecule has 1 rings (SSSR count). The summed E-state index contributed by atoms with van der Waals surface area (Å²) in [5.41, 5.74) is 2.32. The number of nitrogens with one attached hydrogen (secondary N) is 2. The summed E-state index contributed by atoms with van der Waals surface area (Å²) >= 11 is 0. The van der Waals surface area contributed by atoms with Crippen LogP contribution in [0.3, 0.4) is 0 Å². The minimum absolute atomic E-state index is 0.190. The van der Waals surface area contributed by atoms with Crippen LogP contribution in [0.15, 0.2) is 29.3 Å². The summed E-state index contributed by atoms with van der Waals surface area (Å²) in [5.74, 6) is 0.372. The van der Waals surface area contributed by atoms with E-state index in [-0.39, 0.29) is 6.54 Å². The molecule has 1 aromatic carbocycles. The third-order valence-electron chi connectivity index (χ3n) is 3.78. The van der Waals surface area contributed by atoms with E-state index in [0.29, 0.717) is 12.5 Å². The van der Waals surface area contributed by atoms with Crippen molar-refractivity contribution in [2.75, 3.05) is 26.7 Å². The first-order valence-electron chi connectivity index (χ1n) is 8.20. The molecular weight excluding hydrogens is 317 g/mol. The van der Waals surface area contributed by atoms with E-state index in [1.165, 1.54) is 5.56 Å². The SMILES string of the molecule is CCN(CC)Cc1ccccc1CNC(=NC)NCCC(F)(F)F. The summed E-state index contributed by atoms with van der Waals surface area (Å²) in [5, 5.41) is 5.76. The quantitative estimate of drug-likeness (QED) is 0.562. The summed E-state index contributed by atoms with van der Waals surface area (Å²) in [7, 11) is 1.55. The van der Waals surface area contributed by atoms with Gasteiger partial charge in [0.05, 0.1) is 6.42 Å². The zero-order chi connectivity index (χ0) is 18.0. The highest BCUT2D eigenvalue weighted by Gasteiger charge is 2.26. The van der Waals surface area contributed by atoms with Crippen molar-refractivity contribution < 1.29 is 13.2 Å². The molecule has 4 nitrogen and oxygen atoms in total. The molecule has 0 bridgehead atoms. The molecule has 0 spiro atoms. The molecule has 7 heteroatoms. The Morgan fingerprint density at radius 3 is 2.25 bits per heavy atom. The summed E-state index contributed by atoms with van der Waals surface area (Å²) in [6, 6.07) is 8.06. The predicted octanol–water partition coefficient (Wildman–Crippen LogP) is 3.15. The van der Waals surface area contributed by atoms with E-state index in [1.807, 2.05) is 18.2 Å². The van der Waals surface area contributed by atoms with Gasteiger partial charge >= 0.3 is 6.18 Å². The molecule has 24 heavy (non-hydrogen) atoms. The number of guanidine groups is 1. The van der Waals surface area contributed by atoms with E-state index in [2.05, 4.69) is 40.4 Å². The maximum Gasteiger partial charge on any atom is 0.390 e. The second-order valence-corrected chi connectivity index (χ2v) is 5.45. The molecule has 0 aliphatic heterocycles. The first-order chi connectivity index (χ1) is 11.4. The first-order valence-corrected chi connectivity index (χ1v) is 8.20. The Morgan fingerprint density at radius 1 is 1.08 bits per heavy atom. The van der Waals surface area contributed by atoms with Gasteiger partial charge in [0.1, 0.15) is 0 Å². The van der Waals surface area contributed by atoms with Crippen LogP contribution in [0.5, 0.6) is 0 Å². The molecule has 1 aromatic rings. The third kappa shape index (κ3) is 7.68. The van der Waals surface area contributed by atoms with Crippen LogP contribution in [0.25, 0.3) is 0 Å². The number of halogens is 3. The molecule has 2 N–H and O–H groups in total. The fourth-order valence-electron chi connectivity index (χ4n) is 2.29. The lowest BCUT2D eigenvalue weighted by molar-refractivity contribution is -0.132. The number of alkyl halides is 3. The lowest BCUT2D eigenvalue weighted by atomic mass is 10.1. The number of aliphatic imine (C=N–C) groups is 1. The van der Waals surface area contributed by atoms with Crippen LogP contribution in [0.2, 0.25) is 0 Å². The standard InChI is InChI=1S/C17H27F3N4/c1-4-24(5-2)13-15-9-7-6-8-14(15)12-23-16(21-3)22-11-10-17(18,19)20/h6-9H,4-5,10-13H2,1-3H3,(H2,21,22,23). The van der Waals surface area contributed by atoms with Gasteiger partial charge in [-0.05, 0) is 24.2 Å². The molecule has 0 saturated carbocycles. The Balaban J connectivity index is 2.59. The highest BCUT2D eigenvalue weighted by atomic mass is 19.4. The molecule has 0 aliphatic carbocycles. The minimum atomic E-state index is -4.16. The average Bonchev–Trinajstić information content (AvgIpc) is 2.55. The number of benzene rings is 1. The van der Waals surface area contributed by atoms with E-state index in [4.69, 9.17) is 0 Å². The monoisotopic (exact) mass is 344 g/mol. The van der Waals surface area contributed by atoms with Crippen molar-refractivity contribution in [2.45, 2.75) is 39.5 Å². The van der Waals surface area contributed by atoms with Gasteiger partial charge in [0.25, 0.3) is 0 Å². The van der Waals surface area contributed by atoms with Crippen molar-refractivity contribution in [3.63, 3.8) is 0 Å². The van der Waals surface area contributed by atoms with Gasteiger partial charge in [0, 0.05) is 26.7 Å². The number of hydrogen-bond acceptors (Lipinski definition) is 2. The maximum absolute atomic E-state index is 12.2. The van der Waals surface area contributed by atoms with Crippen LogP contribution in [-0.4, -0.2) is 43.7 Å². The topological polar surface area (TPSA) is 39.7 Å². The van der Waals surface area contributed by atoms with Crippen LogP contribution in [0.4, 0.5) is 13.2 Å². The van der Waals surface area contributed by atoms with Crippen molar-refractivity contribution in [3.05, 3.63) is 35.4 Å². The van der Waals surface area contributed by atoms with Crippen molar-refractivity contribution >= 4 is 5.96 Å². The largest absolute Gasteiger partial charge is 0.390 e. The molecule has 0 fully saturated rings. The highest BCUT2D eigenvalue weighted by Crippen LogP contribution is 2.18. The first kappa shape index (κ1) is 20.3. The second kappa shape index (κ2) is 10.2. The summed E-state index contributed by atoms with van der Waals surface area (Å²) < 4.78 is 36.6. The van der Waals surface area contributed by atoms with Crippen molar-refractivity contribution in [2.24, 2.45) is 4.99 Å². The lowest BCUT2D eigenvalue weighted by Crippen LogP contribution is -2.38. The van der Waals surface area contributed by atoms with Crippen molar-refractivity contribution in [1.82, 2.24) is 15.5 Å². The van der Waals surface area contributed by atoms with Gasteiger partial charge in [-0.2, -0.15) is 13.2 Å². The predicted molar refractivity (Wildman–Crippen MR) is 91.9 cm³/mol. The molecule has 0 amide bonds. The van der Waals surface area contributed by atoms with Crippen LogP contribution in [-0.2, 0) is 13.1 Å². The fourth-order valence-corrected chi connectivity index (χ4v) is 2.29. The zero-order valence-corrected chi connectivity index (χ0v) is 14.6. The van der Waals surface area contributed by atoms with E-state index in [9.17, 15) is 13.2 Å². The normalized spacial score (nSPS) is 12.5. The second-order valence-electron chi connectivity index (χ2n) is 5.45. The molecule has 0 heterocycles. The van der Waals surface area contributed by atoms with Crippen LogP contribution >= 0.6 is 0 Å². The molecule has 0 aliphatic rings. The molecule has 0 atom stereocenters. The fraction of sp³-hybridized carbons (Fsp3) is 0.588. The van der Waals surface area contributed by atoms with Gasteiger partial charge in [-0.15, -0.1) is 0 Å². The summed E-state index contributed by atoms with van der Waals surface area (Å²) in [6.07, 6.45) is -5.05. The Hall–Kier alpha value is -1.76. The van der Waals surface area contributed by atoms with E-state index in [1.54, 1.807) is 7.05 Å². The van der Waals surface area contributed by atoms with Crippen molar-refractivity contribution in [1.29, 1.82) is 0 Å². The van der Waals surface area contributed by atoms with Crippen LogP contribution < -0.4 is 10.6 Å². The van der Waals surface area contributed by atoms with Gasteiger partial charge in [-0.25, -0.2) is 0 Å². The van der Waals surface area contributed by atoms with E-state index >= 15 is 0 Å². The van der Waals surface area contributed by atoms with Gasteiger partial charge < -0.3 is 10.6 Å². The smallest absolute Gasteiger partial charge is 0.356 e. The zero-order valence-electron chi connectivity index (χ0n) is 14.6. The van der Waals surface area contributed by atoms with Gasteiger partial charge in [0.15, 0.2) is 5.96 Å². The minimum Gasteiger partial charge on any atom is -0.356 e.